The van der Waals surface area contributed by atoms with E-state index in [9.17, 15) is 19.2 Å². The van der Waals surface area contributed by atoms with Gasteiger partial charge in [-0.15, -0.1) is 0 Å². The van der Waals surface area contributed by atoms with Crippen molar-refractivity contribution in [3.05, 3.63) is 121 Å². The molecule has 1 aliphatic carbocycles. The fourth-order valence-electron chi connectivity index (χ4n) is 6.57. The minimum absolute atomic E-state index is 0.266. The van der Waals surface area contributed by atoms with Crippen LogP contribution in [0.2, 0.25) is 0 Å². The van der Waals surface area contributed by atoms with Crippen molar-refractivity contribution < 1.29 is 42.9 Å². The van der Waals surface area contributed by atoms with Gasteiger partial charge in [-0.05, 0) is 118 Å². The number of carbonyl (C=O) groups excluding carboxylic acids is 4. The van der Waals surface area contributed by atoms with E-state index >= 15 is 0 Å². The van der Waals surface area contributed by atoms with Crippen molar-refractivity contribution in [1.29, 1.82) is 0 Å². The number of para-hydroxylation sites is 1. The molecule has 0 saturated heterocycles. The third-order valence-corrected chi connectivity index (χ3v) is 10.9. The number of benzene rings is 4. The number of esters is 3. The van der Waals surface area contributed by atoms with E-state index in [1.807, 2.05) is 47.5 Å². The highest BCUT2D eigenvalue weighted by Gasteiger charge is 2.32. The average Bonchev–Trinajstić information content (AvgIpc) is 3.70. The van der Waals surface area contributed by atoms with Crippen LogP contribution >= 0.6 is 11.3 Å². The molecule has 0 radical (unpaired) electrons. The Balaban J connectivity index is 1.01. The lowest BCUT2D eigenvalue weighted by atomic mass is 9.82. The zero-order valence-corrected chi connectivity index (χ0v) is 33.6. The normalized spacial score (nSPS) is 15.0. The first-order chi connectivity index (χ1) is 28.9. The third kappa shape index (κ3) is 12.8. The summed E-state index contributed by atoms with van der Waals surface area (Å²) in [6.45, 7) is 5.18. The highest BCUT2D eigenvalue weighted by atomic mass is 32.1. The number of hydrogen-bond donors (Lipinski definition) is 0. The van der Waals surface area contributed by atoms with Crippen molar-refractivity contribution >= 4 is 57.3 Å². The molecule has 0 spiro atoms. The van der Waals surface area contributed by atoms with Crippen LogP contribution in [-0.4, -0.2) is 55.3 Å². The molecule has 1 saturated carbocycles. The van der Waals surface area contributed by atoms with Gasteiger partial charge in [-0.3, -0.25) is 14.4 Å². The van der Waals surface area contributed by atoms with Crippen molar-refractivity contribution in [3.63, 3.8) is 0 Å². The van der Waals surface area contributed by atoms with Gasteiger partial charge in [0.1, 0.15) is 23.0 Å². The fraction of sp³-hybridized carbons (Fsp3) is 0.304. The SMILES string of the molecule is C=CC(=O)OCCCCCCOc1ccc(OC(=O)C2CCC(C(=O)Oc3ccc(OC=O)cc3/C=N/N(CCc3ccccc3)c3nc4ccccc4s3)CC2)cc1. The Labute approximate surface area is 347 Å². The van der Waals surface area contributed by atoms with Gasteiger partial charge in [0.2, 0.25) is 5.13 Å². The molecular weight excluding hydrogens is 771 g/mol. The lowest BCUT2D eigenvalue weighted by Crippen LogP contribution is -2.30. The van der Waals surface area contributed by atoms with E-state index in [1.54, 1.807) is 48.7 Å². The highest BCUT2D eigenvalue weighted by molar-refractivity contribution is 7.22. The number of thiazole rings is 1. The van der Waals surface area contributed by atoms with Gasteiger partial charge >= 0.3 is 17.9 Å². The number of rotatable bonds is 21. The van der Waals surface area contributed by atoms with E-state index in [0.29, 0.717) is 80.5 Å². The Bertz CT molecular complexity index is 2170. The molecule has 4 aromatic carbocycles. The van der Waals surface area contributed by atoms with Crippen LogP contribution in [0.15, 0.2) is 115 Å². The van der Waals surface area contributed by atoms with Crippen LogP contribution in [-0.2, 0) is 30.3 Å². The summed E-state index contributed by atoms with van der Waals surface area (Å²) in [5, 5.41) is 7.34. The van der Waals surface area contributed by atoms with Crippen molar-refractivity contribution in [3.8, 4) is 23.0 Å². The summed E-state index contributed by atoms with van der Waals surface area (Å²) in [6.07, 6.45) is 8.87. The summed E-state index contributed by atoms with van der Waals surface area (Å²) in [7, 11) is 0. The molecule has 0 aliphatic heterocycles. The number of aromatic nitrogens is 1. The zero-order chi connectivity index (χ0) is 41.2. The van der Waals surface area contributed by atoms with E-state index in [4.69, 9.17) is 33.8 Å². The fourth-order valence-corrected chi connectivity index (χ4v) is 7.52. The van der Waals surface area contributed by atoms with Crippen LogP contribution < -0.4 is 24.0 Å². The molecule has 1 fully saturated rings. The Morgan fingerprint density at radius 1 is 0.780 bits per heavy atom. The van der Waals surface area contributed by atoms with Gasteiger partial charge in [-0.2, -0.15) is 5.10 Å². The summed E-state index contributed by atoms with van der Waals surface area (Å²) >= 11 is 1.53. The van der Waals surface area contributed by atoms with Crippen molar-refractivity contribution in [2.45, 2.75) is 57.8 Å². The van der Waals surface area contributed by atoms with Gasteiger partial charge < -0.3 is 23.7 Å². The number of hydrogen-bond acceptors (Lipinski definition) is 13. The lowest BCUT2D eigenvalue weighted by molar-refractivity contribution is -0.145. The van der Waals surface area contributed by atoms with Gasteiger partial charge in [-0.25, -0.2) is 14.8 Å². The monoisotopic (exact) mass is 817 g/mol. The van der Waals surface area contributed by atoms with E-state index < -0.39 is 17.9 Å². The molecule has 1 heterocycles. The molecule has 0 atom stereocenters. The standard InChI is InChI=1S/C46H47N3O9S/c1-2-43(51)55-29-11-4-3-10-28-54-37-20-22-38(23-21-37)57-44(52)34-16-18-35(19-17-34)45(53)58-41-25-24-39(56-32-50)30-36(41)31-47-49(27-26-33-12-6-5-7-13-33)46-48-40-14-8-9-15-42(40)59-46/h2,5-9,12-15,20-25,30-32,34-35H,1,3-4,10-11,16-19,26-29H2/b47-31+. The van der Waals surface area contributed by atoms with E-state index in [0.717, 1.165) is 47.5 Å². The van der Waals surface area contributed by atoms with E-state index in [-0.39, 0.29) is 23.4 Å². The quantitative estimate of drug-likeness (QED) is 0.0133. The second kappa shape index (κ2) is 22.0. The first-order valence-electron chi connectivity index (χ1n) is 19.8. The van der Waals surface area contributed by atoms with Crippen LogP contribution in [0.4, 0.5) is 5.13 Å². The number of unbranched alkanes of at least 4 members (excludes halogenated alkanes) is 3. The van der Waals surface area contributed by atoms with Gasteiger partial charge in [0.05, 0.1) is 41.5 Å². The summed E-state index contributed by atoms with van der Waals surface area (Å²) in [6, 6.07) is 29.7. The summed E-state index contributed by atoms with van der Waals surface area (Å²) < 4.78 is 28.6. The first-order valence-corrected chi connectivity index (χ1v) is 20.6. The van der Waals surface area contributed by atoms with Gasteiger partial charge in [-0.1, -0.05) is 60.4 Å². The van der Waals surface area contributed by atoms with Crippen molar-refractivity contribution in [2.24, 2.45) is 16.9 Å². The summed E-state index contributed by atoms with van der Waals surface area (Å²) in [5.41, 5.74) is 2.46. The molecule has 59 heavy (non-hydrogen) atoms. The highest BCUT2D eigenvalue weighted by Crippen LogP contribution is 2.33. The Hall–Kier alpha value is -6.34. The van der Waals surface area contributed by atoms with E-state index in [2.05, 4.69) is 18.7 Å². The topological polar surface area (TPSA) is 143 Å². The number of hydrazone groups is 1. The predicted molar refractivity (Wildman–Crippen MR) is 226 cm³/mol. The average molecular weight is 818 g/mol. The third-order valence-electron chi connectivity index (χ3n) is 9.83. The molecular formula is C46H47N3O9S. The van der Waals surface area contributed by atoms with Gasteiger partial charge in [0.15, 0.2) is 0 Å². The molecule has 1 aliphatic rings. The molecule has 5 aromatic rings. The minimum atomic E-state index is -0.411. The van der Waals surface area contributed by atoms with Crippen LogP contribution in [0.25, 0.3) is 10.2 Å². The largest absolute Gasteiger partial charge is 0.494 e. The molecule has 0 bridgehead atoms. The number of fused-ring (bicyclic) bond motifs is 1. The molecule has 6 rings (SSSR count). The molecule has 1 aromatic heterocycles. The maximum Gasteiger partial charge on any atom is 0.330 e. The van der Waals surface area contributed by atoms with E-state index in [1.165, 1.54) is 11.3 Å². The number of carbonyl (C=O) groups is 4. The Kier molecular flexibility index (Phi) is 15.7. The smallest absolute Gasteiger partial charge is 0.330 e. The molecule has 0 amide bonds. The Morgan fingerprint density at radius 3 is 2.15 bits per heavy atom. The van der Waals surface area contributed by atoms with Crippen LogP contribution in [0, 0.1) is 11.8 Å². The maximum absolute atomic E-state index is 13.5. The second-order valence-corrected chi connectivity index (χ2v) is 15.0. The van der Waals surface area contributed by atoms with Crippen LogP contribution in [0.3, 0.4) is 0 Å². The van der Waals surface area contributed by atoms with Crippen LogP contribution in [0.1, 0.15) is 62.5 Å². The molecule has 0 N–H and O–H groups in total. The molecule has 13 heteroatoms. The number of nitrogens with zero attached hydrogens (tertiary/aromatic N) is 3. The minimum Gasteiger partial charge on any atom is -0.494 e. The molecule has 306 valence electrons. The molecule has 12 nitrogen and oxygen atoms in total. The first kappa shape index (κ1) is 42.3. The number of ether oxygens (including phenoxy) is 5. The summed E-state index contributed by atoms with van der Waals surface area (Å²) in [4.78, 5) is 53.7. The maximum atomic E-state index is 13.5. The second-order valence-electron chi connectivity index (χ2n) is 14.0. The number of anilines is 1. The summed E-state index contributed by atoms with van der Waals surface area (Å²) in [5.74, 6) is -0.264. The Morgan fingerprint density at radius 2 is 1.44 bits per heavy atom. The van der Waals surface area contributed by atoms with Crippen molar-refractivity contribution in [2.75, 3.05) is 24.8 Å². The van der Waals surface area contributed by atoms with Crippen molar-refractivity contribution in [1.82, 2.24) is 4.98 Å². The molecule has 0 unspecified atom stereocenters. The van der Waals surface area contributed by atoms with Crippen LogP contribution in [0.5, 0.6) is 23.0 Å². The zero-order valence-electron chi connectivity index (χ0n) is 32.7. The van der Waals surface area contributed by atoms with Gasteiger partial charge in [0, 0.05) is 18.2 Å². The lowest BCUT2D eigenvalue weighted by Gasteiger charge is -2.26. The van der Waals surface area contributed by atoms with Gasteiger partial charge in [0.25, 0.3) is 6.47 Å². The predicted octanol–water partition coefficient (Wildman–Crippen LogP) is 8.90.